The third kappa shape index (κ3) is 5.26. The summed E-state index contributed by atoms with van der Waals surface area (Å²) in [6, 6.07) is 12.2. The van der Waals surface area contributed by atoms with E-state index in [0.29, 0.717) is 5.92 Å². The van der Waals surface area contributed by atoms with Crippen molar-refractivity contribution in [3.05, 3.63) is 48.4 Å². The lowest BCUT2D eigenvalue weighted by Crippen LogP contribution is -2.28. The minimum atomic E-state index is -5.08. The van der Waals surface area contributed by atoms with Crippen molar-refractivity contribution >= 4 is 11.6 Å². The van der Waals surface area contributed by atoms with Gasteiger partial charge in [-0.2, -0.15) is 18.3 Å². The normalized spacial score (nSPS) is 16.6. The molecule has 2 N–H and O–H groups in total. The van der Waals surface area contributed by atoms with Crippen LogP contribution in [-0.2, 0) is 4.79 Å². The lowest BCUT2D eigenvalue weighted by Gasteiger charge is -2.19. The Balaban J connectivity index is 0.000000318. The highest BCUT2D eigenvalue weighted by Gasteiger charge is 2.38. The highest BCUT2D eigenvalue weighted by Crippen LogP contribution is 2.25. The van der Waals surface area contributed by atoms with Gasteiger partial charge in [-0.25, -0.2) is 14.3 Å². The number of methoxy groups -OCH3 is 1. The first-order valence-corrected chi connectivity index (χ1v) is 9.29. The van der Waals surface area contributed by atoms with E-state index in [0.717, 1.165) is 47.9 Å². The third-order valence-electron chi connectivity index (χ3n) is 4.65. The number of aliphatic carboxylic acids is 1. The second-order valence-electron chi connectivity index (χ2n) is 6.77. The summed E-state index contributed by atoms with van der Waals surface area (Å²) in [5.41, 5.74) is 3.12. The number of pyridine rings is 1. The number of hydrogen-bond donors (Lipinski definition) is 2. The summed E-state index contributed by atoms with van der Waals surface area (Å²) in [7, 11) is 1.68. The molecule has 7 nitrogen and oxygen atoms in total. The third-order valence-corrected chi connectivity index (χ3v) is 4.65. The lowest BCUT2D eigenvalue weighted by molar-refractivity contribution is -0.192. The summed E-state index contributed by atoms with van der Waals surface area (Å²) in [4.78, 5) is 13.6. The molecule has 3 heterocycles. The number of alkyl halides is 3. The number of carbonyl (C=O) groups is 1. The van der Waals surface area contributed by atoms with E-state index in [1.54, 1.807) is 7.11 Å². The summed E-state index contributed by atoms with van der Waals surface area (Å²) < 4.78 is 38.9. The van der Waals surface area contributed by atoms with Gasteiger partial charge in [0.15, 0.2) is 11.5 Å². The zero-order valence-electron chi connectivity index (χ0n) is 16.2. The Morgan fingerprint density at radius 1 is 1.27 bits per heavy atom. The van der Waals surface area contributed by atoms with Gasteiger partial charge in [0.25, 0.3) is 0 Å². The second kappa shape index (κ2) is 9.12. The Labute approximate surface area is 170 Å². The topological polar surface area (TPSA) is 88.8 Å². The van der Waals surface area contributed by atoms with Gasteiger partial charge in [0.2, 0.25) is 0 Å². The summed E-state index contributed by atoms with van der Waals surface area (Å²) in [5, 5.41) is 15.2. The van der Waals surface area contributed by atoms with E-state index >= 15 is 0 Å². The number of hydrogen-bond acceptors (Lipinski definition) is 5. The Kier molecular flexibility index (Phi) is 6.56. The summed E-state index contributed by atoms with van der Waals surface area (Å²) in [6.45, 7) is 2.07. The predicted molar refractivity (Wildman–Crippen MR) is 104 cm³/mol. The molecule has 0 amide bonds. The number of nitrogens with zero attached hydrogens (tertiary/aromatic N) is 3. The minimum absolute atomic E-state index is 0.420. The van der Waals surface area contributed by atoms with Crippen LogP contribution in [-0.4, -0.2) is 52.0 Å². The molecule has 2 aromatic heterocycles. The maximum atomic E-state index is 10.6. The lowest BCUT2D eigenvalue weighted by atomic mass is 9.99. The average Bonchev–Trinajstić information content (AvgIpc) is 3.17. The number of aromatic nitrogens is 3. The fraction of sp³-hybridized carbons (Fsp3) is 0.350. The fourth-order valence-corrected chi connectivity index (χ4v) is 3.12. The Morgan fingerprint density at radius 2 is 2.03 bits per heavy atom. The van der Waals surface area contributed by atoms with Crippen molar-refractivity contribution in [1.29, 1.82) is 0 Å². The van der Waals surface area contributed by atoms with Crippen LogP contribution in [0.1, 0.15) is 24.6 Å². The molecule has 1 aliphatic rings. The summed E-state index contributed by atoms with van der Waals surface area (Å²) in [5.74, 6) is -0.536. The summed E-state index contributed by atoms with van der Waals surface area (Å²) >= 11 is 0. The van der Waals surface area contributed by atoms with E-state index in [-0.39, 0.29) is 0 Å². The molecule has 160 valence electrons. The SMILES string of the molecule is COc1cccc(-c2ccc3nc(C4CCCNC4)nn3c2)c1.O=C(O)C(F)(F)F. The quantitative estimate of drug-likeness (QED) is 0.672. The molecule has 0 bridgehead atoms. The smallest absolute Gasteiger partial charge is 0.490 e. The minimum Gasteiger partial charge on any atom is -0.497 e. The van der Waals surface area contributed by atoms with Gasteiger partial charge in [-0.3, -0.25) is 0 Å². The van der Waals surface area contributed by atoms with Crippen LogP contribution < -0.4 is 10.1 Å². The van der Waals surface area contributed by atoms with Crippen LogP contribution in [0, 0.1) is 0 Å². The molecule has 3 aromatic rings. The predicted octanol–water partition coefficient (Wildman–Crippen LogP) is 3.51. The molecule has 4 rings (SSSR count). The zero-order valence-corrected chi connectivity index (χ0v) is 16.2. The Hall–Kier alpha value is -3.14. The number of piperidine rings is 1. The molecule has 1 saturated heterocycles. The van der Waals surface area contributed by atoms with Gasteiger partial charge in [0.1, 0.15) is 5.75 Å². The van der Waals surface area contributed by atoms with Crippen molar-refractivity contribution in [2.75, 3.05) is 20.2 Å². The van der Waals surface area contributed by atoms with Gasteiger partial charge in [0, 0.05) is 24.2 Å². The average molecular weight is 422 g/mol. The van der Waals surface area contributed by atoms with Crippen molar-refractivity contribution in [3.8, 4) is 16.9 Å². The van der Waals surface area contributed by atoms with Gasteiger partial charge < -0.3 is 15.2 Å². The number of fused-ring (bicyclic) bond motifs is 1. The van der Waals surface area contributed by atoms with E-state index in [4.69, 9.17) is 24.7 Å². The van der Waals surface area contributed by atoms with Crippen LogP contribution in [0.5, 0.6) is 5.75 Å². The molecule has 1 unspecified atom stereocenters. The molecule has 1 atom stereocenters. The highest BCUT2D eigenvalue weighted by atomic mass is 19.4. The first kappa shape index (κ1) is 21.6. The van der Waals surface area contributed by atoms with Crippen molar-refractivity contribution in [3.63, 3.8) is 0 Å². The second-order valence-corrected chi connectivity index (χ2v) is 6.77. The van der Waals surface area contributed by atoms with Crippen molar-refractivity contribution in [2.24, 2.45) is 0 Å². The van der Waals surface area contributed by atoms with Gasteiger partial charge in [-0.05, 0) is 49.2 Å². The monoisotopic (exact) mass is 422 g/mol. The zero-order chi connectivity index (χ0) is 21.7. The van der Waals surface area contributed by atoms with Crippen LogP contribution in [0.2, 0.25) is 0 Å². The van der Waals surface area contributed by atoms with E-state index in [1.165, 1.54) is 6.42 Å². The first-order valence-electron chi connectivity index (χ1n) is 9.29. The maximum absolute atomic E-state index is 10.6. The molecule has 30 heavy (non-hydrogen) atoms. The van der Waals surface area contributed by atoms with Gasteiger partial charge >= 0.3 is 12.1 Å². The molecule has 0 aliphatic carbocycles. The highest BCUT2D eigenvalue weighted by molar-refractivity contribution is 5.73. The van der Waals surface area contributed by atoms with Crippen molar-refractivity contribution < 1.29 is 27.8 Å². The van der Waals surface area contributed by atoms with E-state index in [9.17, 15) is 13.2 Å². The molecular weight excluding hydrogens is 401 g/mol. The summed E-state index contributed by atoms with van der Waals surface area (Å²) in [6.07, 6.45) is -0.696. The van der Waals surface area contributed by atoms with Gasteiger partial charge in [-0.15, -0.1) is 0 Å². The largest absolute Gasteiger partial charge is 0.497 e. The van der Waals surface area contributed by atoms with Crippen LogP contribution >= 0.6 is 0 Å². The number of carboxylic acid groups (broad SMARTS) is 1. The number of carboxylic acids is 1. The molecule has 0 radical (unpaired) electrons. The van der Waals surface area contributed by atoms with E-state index < -0.39 is 12.1 Å². The molecule has 1 aromatic carbocycles. The van der Waals surface area contributed by atoms with Crippen LogP contribution in [0.25, 0.3) is 16.8 Å². The van der Waals surface area contributed by atoms with E-state index in [2.05, 4.69) is 17.4 Å². The van der Waals surface area contributed by atoms with Crippen LogP contribution in [0.4, 0.5) is 13.2 Å². The molecule has 0 saturated carbocycles. The standard InChI is InChI=1S/C18H20N4O.C2HF3O2/c1-23-16-6-2-4-13(10-16)15-7-8-17-20-18(21-22(17)12-15)14-5-3-9-19-11-14;3-2(4,5)1(6)7/h2,4,6-8,10,12,14,19H,3,5,9,11H2,1H3;(H,6,7). The Morgan fingerprint density at radius 3 is 2.67 bits per heavy atom. The van der Waals surface area contributed by atoms with E-state index in [1.807, 2.05) is 35.0 Å². The number of nitrogens with one attached hydrogen (secondary N) is 1. The van der Waals surface area contributed by atoms with Crippen LogP contribution in [0.3, 0.4) is 0 Å². The van der Waals surface area contributed by atoms with Crippen LogP contribution in [0.15, 0.2) is 42.6 Å². The molecule has 1 fully saturated rings. The van der Waals surface area contributed by atoms with Crippen molar-refractivity contribution in [1.82, 2.24) is 19.9 Å². The number of ether oxygens (including phenoxy) is 1. The van der Waals surface area contributed by atoms with Gasteiger partial charge in [-0.1, -0.05) is 12.1 Å². The molecular formula is C20H21F3N4O3. The Bertz CT molecular complexity index is 1010. The molecule has 0 spiro atoms. The van der Waals surface area contributed by atoms with Gasteiger partial charge in [0.05, 0.1) is 7.11 Å². The maximum Gasteiger partial charge on any atom is 0.490 e. The first-order chi connectivity index (χ1) is 14.3. The van der Waals surface area contributed by atoms with Crippen molar-refractivity contribution in [2.45, 2.75) is 24.9 Å². The number of halogens is 3. The molecule has 10 heteroatoms. The molecule has 1 aliphatic heterocycles. The fourth-order valence-electron chi connectivity index (χ4n) is 3.12. The number of benzene rings is 1. The number of rotatable bonds is 3.